The predicted molar refractivity (Wildman–Crippen MR) is 61.1 cm³/mol. The van der Waals surface area contributed by atoms with Gasteiger partial charge in [0.1, 0.15) is 0 Å². The molecule has 1 fully saturated rings. The van der Waals surface area contributed by atoms with Crippen molar-refractivity contribution in [3.8, 4) is 0 Å². The van der Waals surface area contributed by atoms with E-state index >= 15 is 0 Å². The molecule has 1 rings (SSSR count). The van der Waals surface area contributed by atoms with Crippen LogP contribution in [0.3, 0.4) is 0 Å². The van der Waals surface area contributed by atoms with Crippen LogP contribution in [-0.4, -0.2) is 52.4 Å². The molecule has 1 aliphatic heterocycles. The minimum absolute atomic E-state index is 0.150. The number of hydrogen-bond donors (Lipinski definition) is 3. The van der Waals surface area contributed by atoms with Gasteiger partial charge in [0.15, 0.2) is 5.60 Å². The van der Waals surface area contributed by atoms with Crippen molar-refractivity contribution in [3.63, 3.8) is 0 Å². The lowest BCUT2D eigenvalue weighted by molar-refractivity contribution is -0.159. The molecule has 3 atom stereocenters. The van der Waals surface area contributed by atoms with Gasteiger partial charge in [0.05, 0.1) is 0 Å². The average Bonchev–Trinajstić information content (AvgIpc) is 2.20. The molecule has 94 valence electrons. The van der Waals surface area contributed by atoms with E-state index in [4.69, 9.17) is 10.8 Å². The standard InChI is InChI=1S/C11H22N2O3/c1-8-3-4-13(9(5-8)6-12)7-11(2,16)10(14)15/h8-9,16H,3-7,12H2,1-2H3,(H,14,15). The first-order chi connectivity index (χ1) is 7.36. The van der Waals surface area contributed by atoms with Crippen molar-refractivity contribution in [2.24, 2.45) is 11.7 Å². The van der Waals surface area contributed by atoms with E-state index in [1.165, 1.54) is 6.92 Å². The summed E-state index contributed by atoms with van der Waals surface area (Å²) in [6.07, 6.45) is 2.01. The summed E-state index contributed by atoms with van der Waals surface area (Å²) in [4.78, 5) is 12.8. The third-order valence-electron chi connectivity index (χ3n) is 3.34. The van der Waals surface area contributed by atoms with E-state index in [0.29, 0.717) is 12.5 Å². The summed E-state index contributed by atoms with van der Waals surface area (Å²) in [5, 5.41) is 18.6. The highest BCUT2D eigenvalue weighted by atomic mass is 16.4. The summed E-state index contributed by atoms with van der Waals surface area (Å²) in [6.45, 7) is 4.99. The minimum Gasteiger partial charge on any atom is -0.479 e. The van der Waals surface area contributed by atoms with Crippen LogP contribution in [0, 0.1) is 5.92 Å². The van der Waals surface area contributed by atoms with Gasteiger partial charge in [-0.05, 0) is 32.2 Å². The second-order valence-electron chi connectivity index (χ2n) is 5.07. The normalized spacial score (nSPS) is 31.0. The van der Waals surface area contributed by atoms with Crippen LogP contribution in [0.5, 0.6) is 0 Å². The fraction of sp³-hybridized carbons (Fsp3) is 0.909. The number of piperidine rings is 1. The molecular formula is C11H22N2O3. The van der Waals surface area contributed by atoms with Gasteiger partial charge in [-0.2, -0.15) is 0 Å². The van der Waals surface area contributed by atoms with Crippen molar-refractivity contribution in [2.75, 3.05) is 19.6 Å². The summed E-state index contributed by atoms with van der Waals surface area (Å²) < 4.78 is 0. The van der Waals surface area contributed by atoms with Gasteiger partial charge in [0, 0.05) is 19.1 Å². The quantitative estimate of drug-likeness (QED) is 0.627. The monoisotopic (exact) mass is 230 g/mol. The lowest BCUT2D eigenvalue weighted by Gasteiger charge is -2.40. The fourth-order valence-corrected chi connectivity index (χ4v) is 2.22. The molecule has 0 spiro atoms. The van der Waals surface area contributed by atoms with Crippen LogP contribution < -0.4 is 5.73 Å². The summed E-state index contributed by atoms with van der Waals surface area (Å²) in [6, 6.07) is 0.189. The number of nitrogens with two attached hydrogens (primary N) is 1. The molecule has 0 aromatic rings. The van der Waals surface area contributed by atoms with Gasteiger partial charge >= 0.3 is 5.97 Å². The number of nitrogens with zero attached hydrogens (tertiary/aromatic N) is 1. The zero-order chi connectivity index (χ0) is 12.3. The molecule has 5 nitrogen and oxygen atoms in total. The zero-order valence-electron chi connectivity index (χ0n) is 10.0. The largest absolute Gasteiger partial charge is 0.479 e. The Hall–Kier alpha value is -0.650. The van der Waals surface area contributed by atoms with Crippen molar-refractivity contribution >= 4 is 5.97 Å². The first-order valence-electron chi connectivity index (χ1n) is 5.76. The predicted octanol–water partition coefficient (Wildman–Crippen LogP) is -0.119. The molecule has 1 heterocycles. The lowest BCUT2D eigenvalue weighted by atomic mass is 9.91. The highest BCUT2D eigenvalue weighted by molar-refractivity contribution is 5.76. The van der Waals surface area contributed by atoms with E-state index in [2.05, 4.69) is 6.92 Å². The maximum Gasteiger partial charge on any atom is 0.336 e. The van der Waals surface area contributed by atoms with Gasteiger partial charge in [0.25, 0.3) is 0 Å². The molecule has 4 N–H and O–H groups in total. The van der Waals surface area contributed by atoms with E-state index in [0.717, 1.165) is 19.4 Å². The molecular weight excluding hydrogens is 208 g/mol. The van der Waals surface area contributed by atoms with Crippen molar-refractivity contribution in [1.82, 2.24) is 4.90 Å². The smallest absolute Gasteiger partial charge is 0.336 e. The number of carboxylic acids is 1. The summed E-state index contributed by atoms with van der Waals surface area (Å²) in [5.74, 6) is -0.554. The Morgan fingerprint density at radius 2 is 2.25 bits per heavy atom. The average molecular weight is 230 g/mol. The van der Waals surface area contributed by atoms with E-state index in [1.807, 2.05) is 4.90 Å². The summed E-state index contributed by atoms with van der Waals surface area (Å²) >= 11 is 0. The molecule has 0 aromatic carbocycles. The number of carboxylic acid groups (broad SMARTS) is 1. The van der Waals surface area contributed by atoms with Gasteiger partial charge in [-0.15, -0.1) is 0 Å². The van der Waals surface area contributed by atoms with E-state index in [9.17, 15) is 9.90 Å². The molecule has 5 heteroatoms. The molecule has 0 radical (unpaired) electrons. The lowest BCUT2D eigenvalue weighted by Crippen LogP contribution is -2.54. The Morgan fingerprint density at radius 3 is 2.75 bits per heavy atom. The second-order valence-corrected chi connectivity index (χ2v) is 5.07. The first-order valence-corrected chi connectivity index (χ1v) is 5.76. The van der Waals surface area contributed by atoms with Gasteiger partial charge in [-0.1, -0.05) is 6.92 Å². The highest BCUT2D eigenvalue weighted by Gasteiger charge is 2.36. The van der Waals surface area contributed by atoms with E-state index in [1.54, 1.807) is 0 Å². The summed E-state index contributed by atoms with van der Waals surface area (Å²) in [7, 11) is 0. The third kappa shape index (κ3) is 3.17. The Balaban J connectivity index is 2.62. The SMILES string of the molecule is CC1CCN(CC(C)(O)C(=O)O)C(CN)C1. The number of aliphatic hydroxyl groups is 1. The minimum atomic E-state index is -1.69. The van der Waals surface area contributed by atoms with Crippen LogP contribution in [0.2, 0.25) is 0 Å². The fourth-order valence-electron chi connectivity index (χ4n) is 2.22. The molecule has 1 aliphatic rings. The topological polar surface area (TPSA) is 86.8 Å². The van der Waals surface area contributed by atoms with E-state index < -0.39 is 11.6 Å². The molecule has 3 unspecified atom stereocenters. The third-order valence-corrected chi connectivity index (χ3v) is 3.34. The van der Waals surface area contributed by atoms with Crippen molar-refractivity contribution in [3.05, 3.63) is 0 Å². The Morgan fingerprint density at radius 1 is 1.62 bits per heavy atom. The number of hydrogen-bond acceptors (Lipinski definition) is 4. The van der Waals surface area contributed by atoms with E-state index in [-0.39, 0.29) is 12.6 Å². The Labute approximate surface area is 96.2 Å². The highest BCUT2D eigenvalue weighted by Crippen LogP contribution is 2.23. The maximum atomic E-state index is 10.8. The van der Waals surface area contributed by atoms with Gasteiger partial charge in [-0.25, -0.2) is 4.79 Å². The van der Waals surface area contributed by atoms with Crippen molar-refractivity contribution in [2.45, 2.75) is 38.3 Å². The van der Waals surface area contributed by atoms with Crippen LogP contribution in [0.4, 0.5) is 0 Å². The van der Waals surface area contributed by atoms with Gasteiger partial charge in [0.2, 0.25) is 0 Å². The van der Waals surface area contributed by atoms with Crippen LogP contribution in [0.25, 0.3) is 0 Å². The summed E-state index contributed by atoms with van der Waals surface area (Å²) in [5.41, 5.74) is 3.99. The Kier molecular flexibility index (Phi) is 4.29. The van der Waals surface area contributed by atoms with Crippen LogP contribution in [-0.2, 0) is 4.79 Å². The van der Waals surface area contributed by atoms with Gasteiger partial charge < -0.3 is 15.9 Å². The zero-order valence-corrected chi connectivity index (χ0v) is 10.0. The van der Waals surface area contributed by atoms with Crippen LogP contribution in [0.1, 0.15) is 26.7 Å². The number of aliphatic carboxylic acids is 1. The van der Waals surface area contributed by atoms with Crippen LogP contribution >= 0.6 is 0 Å². The molecule has 0 amide bonds. The molecule has 16 heavy (non-hydrogen) atoms. The molecule has 0 saturated carbocycles. The number of rotatable bonds is 4. The molecule has 0 aromatic heterocycles. The first kappa shape index (κ1) is 13.4. The van der Waals surface area contributed by atoms with Gasteiger partial charge in [-0.3, -0.25) is 4.90 Å². The number of β-amino-alcohol motifs (C(OH)–C–C–N with tert-alkyl or cyclic N) is 1. The van der Waals surface area contributed by atoms with Crippen molar-refractivity contribution < 1.29 is 15.0 Å². The maximum absolute atomic E-state index is 10.8. The molecule has 0 bridgehead atoms. The molecule has 0 aliphatic carbocycles. The molecule has 1 saturated heterocycles. The number of likely N-dealkylation sites (tertiary alicyclic amines) is 1. The number of carbonyl (C=O) groups is 1. The van der Waals surface area contributed by atoms with Crippen LogP contribution in [0.15, 0.2) is 0 Å². The van der Waals surface area contributed by atoms with Crippen molar-refractivity contribution in [1.29, 1.82) is 0 Å². The second kappa shape index (κ2) is 5.12. The Bertz CT molecular complexity index is 256.